The van der Waals surface area contributed by atoms with Gasteiger partial charge in [-0.15, -0.1) is 0 Å². The molecule has 2 atom stereocenters. The third-order valence-corrected chi connectivity index (χ3v) is 6.79. The molecular weight excluding hydrogens is 410 g/mol. The molecule has 1 aromatic heterocycles. The zero-order chi connectivity index (χ0) is 21.8. The number of fused-ring (bicyclic) bond motifs is 1. The number of thioether (sulfide) groups is 1. The van der Waals surface area contributed by atoms with Crippen molar-refractivity contribution in [3.63, 3.8) is 0 Å². The van der Waals surface area contributed by atoms with E-state index in [1.165, 1.54) is 18.2 Å². The minimum absolute atomic E-state index is 0.0247. The highest BCUT2D eigenvalue weighted by atomic mass is 32.2. The highest BCUT2D eigenvalue weighted by Gasteiger charge is 2.23. The quantitative estimate of drug-likeness (QED) is 0.463. The van der Waals surface area contributed by atoms with Gasteiger partial charge < -0.3 is 10.1 Å². The summed E-state index contributed by atoms with van der Waals surface area (Å²) in [6.07, 6.45) is 4.57. The van der Waals surface area contributed by atoms with Crippen LogP contribution >= 0.6 is 11.8 Å². The lowest BCUT2D eigenvalue weighted by Gasteiger charge is -2.29. The van der Waals surface area contributed by atoms with Gasteiger partial charge in [0.25, 0.3) is 5.56 Å². The molecule has 7 heteroatoms. The second-order valence-corrected chi connectivity index (χ2v) is 8.92. The van der Waals surface area contributed by atoms with Gasteiger partial charge >= 0.3 is 0 Å². The Hall–Kier alpha value is -2.80. The molecule has 0 spiro atoms. The highest BCUT2D eigenvalue weighted by Crippen LogP contribution is 2.25. The molecule has 2 aromatic carbocycles. The largest absolute Gasteiger partial charge is 0.497 e. The first-order chi connectivity index (χ1) is 15.1. The van der Waals surface area contributed by atoms with Gasteiger partial charge in [-0.3, -0.25) is 14.2 Å². The normalized spacial score (nSPS) is 18.6. The number of methoxy groups -OCH3 is 1. The SMILES string of the molecule is COc1cccc(-n2c(SCC(=O)N[C@@H]3CCCC[C@@H]3C)nc3ccccc3c2=O)c1. The van der Waals surface area contributed by atoms with Crippen LogP contribution in [0.1, 0.15) is 32.6 Å². The topological polar surface area (TPSA) is 73.2 Å². The average Bonchev–Trinajstić information content (AvgIpc) is 2.79. The number of aromatic nitrogens is 2. The summed E-state index contributed by atoms with van der Waals surface area (Å²) in [6, 6.07) is 14.8. The van der Waals surface area contributed by atoms with E-state index in [-0.39, 0.29) is 23.3 Å². The van der Waals surface area contributed by atoms with Crippen molar-refractivity contribution < 1.29 is 9.53 Å². The number of amides is 1. The summed E-state index contributed by atoms with van der Waals surface area (Å²) in [4.78, 5) is 30.7. The fourth-order valence-electron chi connectivity index (χ4n) is 4.10. The van der Waals surface area contributed by atoms with Crippen LogP contribution in [-0.2, 0) is 4.79 Å². The summed E-state index contributed by atoms with van der Waals surface area (Å²) in [5.74, 6) is 1.33. The minimum Gasteiger partial charge on any atom is -0.497 e. The maximum atomic E-state index is 13.3. The number of ether oxygens (including phenoxy) is 1. The molecule has 1 fully saturated rings. The molecule has 1 aliphatic rings. The number of nitrogens with zero attached hydrogens (tertiary/aromatic N) is 2. The molecule has 1 saturated carbocycles. The van der Waals surface area contributed by atoms with Crippen LogP contribution in [0.25, 0.3) is 16.6 Å². The fourth-order valence-corrected chi connectivity index (χ4v) is 4.92. The number of carbonyl (C=O) groups is 1. The van der Waals surface area contributed by atoms with Crippen molar-refractivity contribution in [2.75, 3.05) is 12.9 Å². The third-order valence-electron chi connectivity index (χ3n) is 5.85. The highest BCUT2D eigenvalue weighted by molar-refractivity contribution is 7.99. The van der Waals surface area contributed by atoms with Crippen LogP contribution in [0.4, 0.5) is 0 Å². The van der Waals surface area contributed by atoms with Crippen LogP contribution in [-0.4, -0.2) is 34.4 Å². The van der Waals surface area contributed by atoms with Gasteiger partial charge in [0.15, 0.2) is 5.16 Å². The van der Waals surface area contributed by atoms with Gasteiger partial charge in [0.1, 0.15) is 5.75 Å². The first-order valence-corrected chi connectivity index (χ1v) is 11.6. The zero-order valence-electron chi connectivity index (χ0n) is 17.8. The van der Waals surface area contributed by atoms with E-state index in [0.717, 1.165) is 19.3 Å². The van der Waals surface area contributed by atoms with Gasteiger partial charge in [-0.1, -0.05) is 49.7 Å². The van der Waals surface area contributed by atoms with Gasteiger partial charge in [0, 0.05) is 12.1 Å². The van der Waals surface area contributed by atoms with Crippen molar-refractivity contribution in [2.24, 2.45) is 5.92 Å². The first kappa shape index (κ1) is 21.4. The molecule has 1 amide bonds. The van der Waals surface area contributed by atoms with Crippen molar-refractivity contribution in [1.82, 2.24) is 14.9 Å². The van der Waals surface area contributed by atoms with Crippen molar-refractivity contribution in [2.45, 2.75) is 43.8 Å². The molecule has 4 rings (SSSR count). The molecule has 0 bridgehead atoms. The molecular formula is C24H27N3O3S. The number of carbonyl (C=O) groups excluding carboxylic acids is 1. The lowest BCUT2D eigenvalue weighted by molar-refractivity contribution is -0.119. The smallest absolute Gasteiger partial charge is 0.266 e. The van der Waals surface area contributed by atoms with Crippen molar-refractivity contribution in [1.29, 1.82) is 0 Å². The van der Waals surface area contributed by atoms with Crippen LogP contribution < -0.4 is 15.6 Å². The Labute approximate surface area is 186 Å². The summed E-state index contributed by atoms with van der Waals surface area (Å²) in [7, 11) is 1.59. The van der Waals surface area contributed by atoms with E-state index >= 15 is 0 Å². The number of rotatable bonds is 6. The molecule has 0 unspecified atom stereocenters. The Balaban J connectivity index is 1.64. The van der Waals surface area contributed by atoms with Crippen LogP contribution in [0.3, 0.4) is 0 Å². The van der Waals surface area contributed by atoms with Gasteiger partial charge in [-0.25, -0.2) is 4.98 Å². The minimum atomic E-state index is -0.164. The predicted octanol–water partition coefficient (Wildman–Crippen LogP) is 4.18. The second-order valence-electron chi connectivity index (χ2n) is 7.98. The number of nitrogens with one attached hydrogen (secondary N) is 1. The van der Waals surface area contributed by atoms with Crippen molar-refractivity contribution in [3.05, 3.63) is 58.9 Å². The molecule has 6 nitrogen and oxygen atoms in total. The molecule has 0 saturated heterocycles. The van der Waals surface area contributed by atoms with Gasteiger partial charge in [0.2, 0.25) is 5.91 Å². The molecule has 3 aromatic rings. The maximum absolute atomic E-state index is 13.3. The summed E-state index contributed by atoms with van der Waals surface area (Å²) in [5.41, 5.74) is 1.12. The monoisotopic (exact) mass is 437 g/mol. The van der Waals surface area contributed by atoms with E-state index in [1.54, 1.807) is 23.8 Å². The molecule has 1 heterocycles. The van der Waals surface area contributed by atoms with E-state index in [4.69, 9.17) is 9.72 Å². The third kappa shape index (κ3) is 4.77. The Bertz CT molecular complexity index is 1140. The first-order valence-electron chi connectivity index (χ1n) is 10.6. The molecule has 162 valence electrons. The zero-order valence-corrected chi connectivity index (χ0v) is 18.7. The second kappa shape index (κ2) is 9.56. The molecule has 0 aliphatic heterocycles. The molecule has 31 heavy (non-hydrogen) atoms. The van der Waals surface area contributed by atoms with Crippen LogP contribution in [0.15, 0.2) is 58.5 Å². The van der Waals surface area contributed by atoms with Crippen molar-refractivity contribution in [3.8, 4) is 11.4 Å². The number of benzene rings is 2. The van der Waals surface area contributed by atoms with Gasteiger partial charge in [0.05, 0.1) is 29.5 Å². The van der Waals surface area contributed by atoms with E-state index in [9.17, 15) is 9.59 Å². The molecule has 1 N–H and O–H groups in total. The Kier molecular flexibility index (Phi) is 6.61. The summed E-state index contributed by atoms with van der Waals surface area (Å²) >= 11 is 1.28. The van der Waals surface area contributed by atoms with E-state index < -0.39 is 0 Å². The fraction of sp³-hybridized carbons (Fsp3) is 0.375. The lowest BCUT2D eigenvalue weighted by atomic mass is 9.86. The molecule has 1 aliphatic carbocycles. The summed E-state index contributed by atoms with van der Waals surface area (Å²) in [6.45, 7) is 2.20. The van der Waals surface area contributed by atoms with Crippen LogP contribution in [0, 0.1) is 5.92 Å². The van der Waals surface area contributed by atoms with Crippen LogP contribution in [0.2, 0.25) is 0 Å². The lowest BCUT2D eigenvalue weighted by Crippen LogP contribution is -2.41. The standard InChI is InChI=1S/C24H27N3O3S/c1-16-8-3-5-12-20(16)25-22(28)15-31-24-26-21-13-6-4-11-19(21)23(29)27(24)17-9-7-10-18(14-17)30-2/h4,6-7,9-11,13-14,16,20H,3,5,8,12,15H2,1-2H3,(H,25,28)/t16-,20+/m0/s1. The van der Waals surface area contributed by atoms with Crippen LogP contribution in [0.5, 0.6) is 5.75 Å². The number of hydrogen-bond donors (Lipinski definition) is 1. The van der Waals surface area contributed by atoms with E-state index in [2.05, 4.69) is 12.2 Å². The molecule has 0 radical (unpaired) electrons. The Morgan fingerprint density at radius 3 is 2.81 bits per heavy atom. The predicted molar refractivity (Wildman–Crippen MR) is 124 cm³/mol. The summed E-state index contributed by atoms with van der Waals surface area (Å²) in [5, 5.41) is 4.20. The average molecular weight is 438 g/mol. The van der Waals surface area contributed by atoms with Gasteiger partial charge in [-0.05, 0) is 43.0 Å². The van der Waals surface area contributed by atoms with E-state index in [0.29, 0.717) is 33.4 Å². The van der Waals surface area contributed by atoms with Crippen molar-refractivity contribution >= 4 is 28.6 Å². The number of para-hydroxylation sites is 1. The van der Waals surface area contributed by atoms with Gasteiger partial charge in [-0.2, -0.15) is 0 Å². The summed E-state index contributed by atoms with van der Waals surface area (Å²) < 4.78 is 6.89. The Morgan fingerprint density at radius 1 is 1.19 bits per heavy atom. The maximum Gasteiger partial charge on any atom is 0.266 e. The Morgan fingerprint density at radius 2 is 2.00 bits per heavy atom. The van der Waals surface area contributed by atoms with E-state index in [1.807, 2.05) is 36.4 Å². The number of hydrogen-bond acceptors (Lipinski definition) is 5.